The van der Waals surface area contributed by atoms with Crippen LogP contribution in [0.5, 0.6) is 11.6 Å². The molecule has 8 nitrogen and oxygen atoms in total. The molecular formula is C20H24F2N2O6Si. The van der Waals surface area contributed by atoms with Crippen molar-refractivity contribution in [2.75, 3.05) is 14.2 Å². The number of hydrogen-bond acceptors (Lipinski definition) is 6. The standard InChI is InChI=1S/C20H24F2N2O6Si/c1-28-17(26)20(23-19(27)29-2,8-9-31(3,4)5)12-24-11-13-6-7-14(30-18(21)22)10-15(13)16(24)25/h6-7,10-11,18,25H,12H2,1-5H3,(H,23,27)/t20-/m1/s1. The number of nitrogens with one attached hydrogen (secondary N) is 1. The lowest BCUT2D eigenvalue weighted by Crippen LogP contribution is -2.57. The molecule has 0 radical (unpaired) electrons. The van der Waals surface area contributed by atoms with Crippen molar-refractivity contribution in [1.82, 2.24) is 9.88 Å². The fourth-order valence-corrected chi connectivity index (χ4v) is 3.34. The van der Waals surface area contributed by atoms with E-state index >= 15 is 0 Å². The van der Waals surface area contributed by atoms with E-state index in [0.29, 0.717) is 5.39 Å². The van der Waals surface area contributed by atoms with Crippen LogP contribution in [-0.4, -0.2) is 56.2 Å². The molecule has 1 heterocycles. The Morgan fingerprint density at radius 1 is 1.26 bits per heavy atom. The van der Waals surface area contributed by atoms with Crippen molar-refractivity contribution in [2.45, 2.75) is 38.3 Å². The normalized spacial score (nSPS) is 13.2. The van der Waals surface area contributed by atoms with Crippen molar-refractivity contribution < 1.29 is 37.7 Å². The van der Waals surface area contributed by atoms with E-state index in [1.165, 1.54) is 29.0 Å². The van der Waals surface area contributed by atoms with Gasteiger partial charge >= 0.3 is 18.7 Å². The monoisotopic (exact) mass is 454 g/mol. The van der Waals surface area contributed by atoms with Gasteiger partial charge in [-0.05, 0) is 18.2 Å². The molecule has 0 saturated carbocycles. The van der Waals surface area contributed by atoms with Crippen molar-refractivity contribution in [1.29, 1.82) is 0 Å². The summed E-state index contributed by atoms with van der Waals surface area (Å²) in [5, 5.41) is 13.8. The number of carbonyl (C=O) groups excluding carboxylic acids is 2. The number of methoxy groups -OCH3 is 2. The molecule has 11 heteroatoms. The molecule has 0 saturated heterocycles. The molecule has 2 N–H and O–H groups in total. The van der Waals surface area contributed by atoms with Gasteiger partial charge in [0.2, 0.25) is 5.54 Å². The number of rotatable bonds is 6. The fraction of sp³-hybridized carbons (Fsp3) is 0.400. The fourth-order valence-electron chi connectivity index (χ4n) is 2.75. The van der Waals surface area contributed by atoms with Crippen LogP contribution in [0.15, 0.2) is 24.4 Å². The third-order valence-corrected chi connectivity index (χ3v) is 5.03. The topological polar surface area (TPSA) is 99.0 Å². The average molecular weight is 455 g/mol. The van der Waals surface area contributed by atoms with Crippen LogP contribution in [0.2, 0.25) is 19.6 Å². The molecule has 0 spiro atoms. The van der Waals surface area contributed by atoms with Crippen LogP contribution in [0.3, 0.4) is 0 Å². The summed E-state index contributed by atoms with van der Waals surface area (Å²) < 4.78 is 40.2. The number of esters is 1. The van der Waals surface area contributed by atoms with E-state index in [2.05, 4.69) is 26.3 Å². The molecule has 0 fully saturated rings. The number of halogens is 2. The maximum absolute atomic E-state index is 12.7. The summed E-state index contributed by atoms with van der Waals surface area (Å²) in [6, 6.07) is 4.04. The Labute approximate surface area is 179 Å². The Morgan fingerprint density at radius 2 is 1.94 bits per heavy atom. The highest BCUT2D eigenvalue weighted by atomic mass is 28.3. The number of fused-ring (bicyclic) bond motifs is 1. The Kier molecular flexibility index (Phi) is 7.17. The van der Waals surface area contributed by atoms with Gasteiger partial charge in [-0.15, -0.1) is 5.54 Å². The molecular weight excluding hydrogens is 430 g/mol. The number of hydrogen-bond donors (Lipinski definition) is 2. The maximum Gasteiger partial charge on any atom is 0.408 e. The Morgan fingerprint density at radius 3 is 2.48 bits per heavy atom. The summed E-state index contributed by atoms with van der Waals surface area (Å²) in [4.78, 5) is 24.7. The second-order valence-electron chi connectivity index (χ2n) is 7.72. The van der Waals surface area contributed by atoms with E-state index in [4.69, 9.17) is 4.74 Å². The van der Waals surface area contributed by atoms with Gasteiger partial charge in [0.15, 0.2) is 5.88 Å². The molecule has 1 atom stereocenters. The Bertz CT molecular complexity index is 1040. The minimum Gasteiger partial charge on any atom is -0.494 e. The molecule has 2 rings (SSSR count). The summed E-state index contributed by atoms with van der Waals surface area (Å²) in [6.07, 6.45) is 0.572. The maximum atomic E-state index is 12.7. The number of amides is 1. The molecule has 0 aliphatic rings. The number of alkyl halides is 2. The molecule has 31 heavy (non-hydrogen) atoms. The van der Waals surface area contributed by atoms with Crippen LogP contribution in [0.4, 0.5) is 13.6 Å². The largest absolute Gasteiger partial charge is 0.494 e. The summed E-state index contributed by atoms with van der Waals surface area (Å²) in [5.74, 6) is 1.49. The lowest BCUT2D eigenvalue weighted by atomic mass is 10.0. The molecule has 2 aromatic rings. The van der Waals surface area contributed by atoms with E-state index in [1.54, 1.807) is 0 Å². The van der Waals surface area contributed by atoms with Crippen LogP contribution in [0.25, 0.3) is 10.8 Å². The average Bonchev–Trinajstić information content (AvgIpc) is 2.99. The van der Waals surface area contributed by atoms with Crippen molar-refractivity contribution >= 4 is 30.9 Å². The number of alkyl carbamates (subject to hydrolysis) is 1. The van der Waals surface area contributed by atoms with Crippen LogP contribution >= 0.6 is 0 Å². The molecule has 1 aromatic carbocycles. The predicted octanol–water partition coefficient (Wildman–Crippen LogP) is 3.10. The van der Waals surface area contributed by atoms with Crippen LogP contribution in [-0.2, 0) is 20.8 Å². The number of aromatic nitrogens is 1. The van der Waals surface area contributed by atoms with Crippen LogP contribution < -0.4 is 10.1 Å². The number of benzene rings is 1. The van der Waals surface area contributed by atoms with E-state index < -0.39 is 32.3 Å². The van der Waals surface area contributed by atoms with Gasteiger partial charge in [0.25, 0.3) is 0 Å². The van der Waals surface area contributed by atoms with Crippen LogP contribution in [0.1, 0.15) is 0 Å². The first-order valence-corrected chi connectivity index (χ1v) is 12.7. The van der Waals surface area contributed by atoms with Gasteiger partial charge in [0.1, 0.15) is 13.8 Å². The van der Waals surface area contributed by atoms with E-state index in [9.17, 15) is 23.5 Å². The molecule has 1 amide bonds. The predicted molar refractivity (Wildman–Crippen MR) is 112 cm³/mol. The Balaban J connectivity index is 2.60. The van der Waals surface area contributed by atoms with Crippen molar-refractivity contribution in [3.8, 4) is 23.1 Å². The summed E-state index contributed by atoms with van der Waals surface area (Å²) in [7, 11) is 0.286. The zero-order valence-electron chi connectivity index (χ0n) is 17.8. The molecule has 0 unspecified atom stereocenters. The first kappa shape index (κ1) is 24.0. The van der Waals surface area contributed by atoms with Crippen LogP contribution in [0, 0.1) is 11.5 Å². The van der Waals surface area contributed by atoms with Gasteiger partial charge in [-0.25, -0.2) is 9.59 Å². The smallest absolute Gasteiger partial charge is 0.408 e. The van der Waals surface area contributed by atoms with Gasteiger partial charge < -0.3 is 23.9 Å². The first-order valence-electron chi connectivity index (χ1n) is 9.16. The van der Waals surface area contributed by atoms with Gasteiger partial charge in [-0.2, -0.15) is 8.78 Å². The third-order valence-electron chi connectivity index (χ3n) is 4.15. The number of nitrogens with zero attached hydrogens (tertiary/aromatic N) is 1. The van der Waals surface area contributed by atoms with E-state index in [1.807, 2.05) is 19.6 Å². The molecule has 168 valence electrons. The minimum absolute atomic E-state index is 0.138. The Hall–Kier alpha value is -3.26. The summed E-state index contributed by atoms with van der Waals surface area (Å²) in [6.45, 7) is 2.51. The zero-order chi connectivity index (χ0) is 23.4. The van der Waals surface area contributed by atoms with Gasteiger partial charge in [-0.3, -0.25) is 5.32 Å². The van der Waals surface area contributed by atoms with Gasteiger partial charge in [0, 0.05) is 17.0 Å². The number of ether oxygens (including phenoxy) is 3. The zero-order valence-corrected chi connectivity index (χ0v) is 18.8. The lowest BCUT2D eigenvalue weighted by Gasteiger charge is -2.27. The highest BCUT2D eigenvalue weighted by molar-refractivity contribution is 6.83. The quantitative estimate of drug-likeness (QED) is 0.395. The molecule has 1 aromatic heterocycles. The number of carbonyl (C=O) groups is 2. The highest BCUT2D eigenvalue weighted by Crippen LogP contribution is 2.32. The van der Waals surface area contributed by atoms with Crippen molar-refractivity contribution in [3.05, 3.63) is 24.4 Å². The molecule has 0 bridgehead atoms. The van der Waals surface area contributed by atoms with E-state index in [-0.39, 0.29) is 23.6 Å². The SMILES string of the molecule is COC(=O)N[C@](C#C[Si](C)(C)C)(Cn1cc2ccc(OC(F)F)cc2c1O)C(=O)OC. The number of aromatic hydroxyl groups is 1. The second kappa shape index (κ2) is 9.26. The summed E-state index contributed by atoms with van der Waals surface area (Å²) in [5.41, 5.74) is 1.17. The van der Waals surface area contributed by atoms with E-state index in [0.717, 1.165) is 14.2 Å². The minimum atomic E-state index is -3.02. The third kappa shape index (κ3) is 5.88. The van der Waals surface area contributed by atoms with Crippen molar-refractivity contribution in [2.24, 2.45) is 0 Å². The second-order valence-corrected chi connectivity index (χ2v) is 12.5. The van der Waals surface area contributed by atoms with Gasteiger partial charge in [0.05, 0.1) is 20.8 Å². The highest BCUT2D eigenvalue weighted by Gasteiger charge is 2.42. The lowest BCUT2D eigenvalue weighted by molar-refractivity contribution is -0.146. The summed E-state index contributed by atoms with van der Waals surface area (Å²) >= 11 is 0. The van der Waals surface area contributed by atoms with Crippen molar-refractivity contribution in [3.63, 3.8) is 0 Å². The molecule has 0 aliphatic heterocycles. The first-order chi connectivity index (χ1) is 14.4. The molecule has 0 aliphatic carbocycles. The van der Waals surface area contributed by atoms with Gasteiger partial charge in [-0.1, -0.05) is 25.6 Å².